The molecule has 0 radical (unpaired) electrons. The molecule has 1 unspecified atom stereocenters. The largest absolute Gasteiger partial charge is 0.350 e. The Labute approximate surface area is 101 Å². The van der Waals surface area contributed by atoms with Gasteiger partial charge in [0.25, 0.3) is 0 Å². The highest BCUT2D eigenvalue weighted by molar-refractivity contribution is 5.79. The van der Waals surface area contributed by atoms with Crippen LogP contribution in [0.15, 0.2) is 42.9 Å². The Morgan fingerprint density at radius 3 is 2.71 bits per heavy atom. The van der Waals surface area contributed by atoms with Gasteiger partial charge in [-0.25, -0.2) is 9.97 Å². The van der Waals surface area contributed by atoms with Crippen molar-refractivity contribution in [2.24, 2.45) is 0 Å². The molecule has 0 amide bonds. The lowest BCUT2D eigenvalue weighted by Gasteiger charge is -2.26. The third-order valence-corrected chi connectivity index (χ3v) is 3.25. The van der Waals surface area contributed by atoms with Crippen LogP contribution in [0.1, 0.15) is 6.92 Å². The molecule has 0 saturated carbocycles. The third-order valence-electron chi connectivity index (χ3n) is 3.25. The molecule has 1 aromatic heterocycles. The molecule has 17 heavy (non-hydrogen) atoms. The summed E-state index contributed by atoms with van der Waals surface area (Å²) < 4.78 is 0. The van der Waals surface area contributed by atoms with E-state index >= 15 is 0 Å². The van der Waals surface area contributed by atoms with Gasteiger partial charge in [0.05, 0.1) is 6.20 Å². The van der Waals surface area contributed by atoms with Gasteiger partial charge in [-0.05, 0) is 19.1 Å². The van der Waals surface area contributed by atoms with Gasteiger partial charge in [0.1, 0.15) is 18.2 Å². The highest BCUT2D eigenvalue weighted by Gasteiger charge is 2.32. The number of anilines is 3. The van der Waals surface area contributed by atoms with Crippen molar-refractivity contribution in [3.8, 4) is 0 Å². The molecule has 1 aliphatic heterocycles. The van der Waals surface area contributed by atoms with E-state index < -0.39 is 0 Å². The number of rotatable bonds is 1. The van der Waals surface area contributed by atoms with Gasteiger partial charge in [0.2, 0.25) is 0 Å². The molecule has 1 aromatic carbocycles. The van der Waals surface area contributed by atoms with Gasteiger partial charge in [-0.3, -0.25) is 0 Å². The van der Waals surface area contributed by atoms with Crippen molar-refractivity contribution >= 4 is 17.2 Å². The van der Waals surface area contributed by atoms with Crippen LogP contribution < -0.4 is 9.80 Å². The Morgan fingerprint density at radius 2 is 1.94 bits per heavy atom. The van der Waals surface area contributed by atoms with E-state index in [2.05, 4.69) is 45.9 Å². The molecule has 1 aliphatic rings. The van der Waals surface area contributed by atoms with Crippen LogP contribution in [0, 0.1) is 0 Å². The summed E-state index contributed by atoms with van der Waals surface area (Å²) in [6.07, 6.45) is 3.71. The van der Waals surface area contributed by atoms with E-state index in [0.717, 1.165) is 17.2 Å². The average Bonchev–Trinajstić information content (AvgIpc) is 2.64. The minimum Gasteiger partial charge on any atom is -0.350 e. The van der Waals surface area contributed by atoms with Crippen LogP contribution in [0.3, 0.4) is 0 Å². The van der Waals surface area contributed by atoms with Gasteiger partial charge in [0.15, 0.2) is 5.82 Å². The quantitative estimate of drug-likeness (QED) is 0.747. The number of hydrogen-bond acceptors (Lipinski definition) is 4. The Kier molecular flexibility index (Phi) is 2.21. The standard InChI is InChI=1S/C13H14N4/c1-10-16(2)12-8-14-9-15-13(12)17(10)11-6-4-3-5-7-11/h3-10H,1-2H3. The van der Waals surface area contributed by atoms with Crippen LogP contribution in [-0.4, -0.2) is 23.2 Å². The van der Waals surface area contributed by atoms with Crippen molar-refractivity contribution in [2.45, 2.75) is 13.1 Å². The Bertz CT molecular complexity index is 526. The number of fused-ring (bicyclic) bond motifs is 1. The van der Waals surface area contributed by atoms with Crippen LogP contribution in [0.2, 0.25) is 0 Å². The van der Waals surface area contributed by atoms with E-state index in [9.17, 15) is 0 Å². The first kappa shape index (κ1) is 10.1. The normalized spacial score (nSPS) is 18.4. The summed E-state index contributed by atoms with van der Waals surface area (Å²) in [5.41, 5.74) is 2.23. The second-order valence-corrected chi connectivity index (χ2v) is 4.18. The predicted octanol–water partition coefficient (Wildman–Crippen LogP) is 2.41. The number of benzene rings is 1. The fourth-order valence-corrected chi connectivity index (χ4v) is 2.23. The van der Waals surface area contributed by atoms with E-state index in [1.165, 1.54) is 0 Å². The van der Waals surface area contributed by atoms with Gasteiger partial charge in [-0.15, -0.1) is 0 Å². The molecular formula is C13H14N4. The van der Waals surface area contributed by atoms with Gasteiger partial charge in [0, 0.05) is 12.7 Å². The number of aromatic nitrogens is 2. The van der Waals surface area contributed by atoms with E-state index in [0.29, 0.717) is 0 Å². The Balaban J connectivity index is 2.13. The zero-order chi connectivity index (χ0) is 11.8. The number of para-hydroxylation sites is 1. The summed E-state index contributed by atoms with van der Waals surface area (Å²) >= 11 is 0. The molecule has 0 bridgehead atoms. The zero-order valence-corrected chi connectivity index (χ0v) is 9.91. The second-order valence-electron chi connectivity index (χ2n) is 4.18. The molecule has 2 heterocycles. The second kappa shape index (κ2) is 3.73. The van der Waals surface area contributed by atoms with Crippen LogP contribution in [-0.2, 0) is 0 Å². The molecule has 0 aliphatic carbocycles. The summed E-state index contributed by atoms with van der Waals surface area (Å²) in [5.74, 6) is 0.973. The van der Waals surface area contributed by atoms with E-state index in [1.54, 1.807) is 6.33 Å². The first-order valence-electron chi connectivity index (χ1n) is 5.66. The van der Waals surface area contributed by atoms with Gasteiger partial charge in [-0.1, -0.05) is 18.2 Å². The van der Waals surface area contributed by atoms with Crippen molar-refractivity contribution in [1.82, 2.24) is 9.97 Å². The molecule has 4 heteroatoms. The highest BCUT2D eigenvalue weighted by atomic mass is 15.4. The molecule has 86 valence electrons. The lowest BCUT2D eigenvalue weighted by atomic mass is 10.3. The third kappa shape index (κ3) is 1.45. The smallest absolute Gasteiger partial charge is 0.161 e. The maximum Gasteiger partial charge on any atom is 0.161 e. The summed E-state index contributed by atoms with van der Waals surface area (Å²) in [7, 11) is 2.07. The van der Waals surface area contributed by atoms with E-state index in [1.807, 2.05) is 24.4 Å². The van der Waals surface area contributed by atoms with Crippen LogP contribution in [0.5, 0.6) is 0 Å². The first-order valence-corrected chi connectivity index (χ1v) is 5.66. The lowest BCUT2D eigenvalue weighted by Crippen LogP contribution is -2.35. The molecule has 0 saturated heterocycles. The molecule has 0 fully saturated rings. The summed E-state index contributed by atoms with van der Waals surface area (Å²) in [6.45, 7) is 2.16. The summed E-state index contributed by atoms with van der Waals surface area (Å²) in [5, 5.41) is 0. The van der Waals surface area contributed by atoms with Crippen LogP contribution in [0.4, 0.5) is 17.2 Å². The van der Waals surface area contributed by atoms with E-state index in [4.69, 9.17) is 0 Å². The fraction of sp³-hybridized carbons (Fsp3) is 0.231. The summed E-state index contributed by atoms with van der Waals surface area (Å²) in [6, 6.07) is 10.3. The van der Waals surface area contributed by atoms with Gasteiger partial charge < -0.3 is 9.80 Å². The Hall–Kier alpha value is -2.10. The van der Waals surface area contributed by atoms with E-state index in [-0.39, 0.29) is 6.17 Å². The molecule has 1 atom stereocenters. The molecule has 3 rings (SSSR count). The van der Waals surface area contributed by atoms with Gasteiger partial charge in [-0.2, -0.15) is 0 Å². The van der Waals surface area contributed by atoms with Crippen molar-refractivity contribution < 1.29 is 0 Å². The number of hydrogen-bond donors (Lipinski definition) is 0. The fourth-order valence-electron chi connectivity index (χ4n) is 2.23. The average molecular weight is 226 g/mol. The predicted molar refractivity (Wildman–Crippen MR) is 68.5 cm³/mol. The molecule has 0 N–H and O–H groups in total. The Morgan fingerprint density at radius 1 is 1.18 bits per heavy atom. The molecule has 4 nitrogen and oxygen atoms in total. The zero-order valence-electron chi connectivity index (χ0n) is 9.91. The maximum absolute atomic E-state index is 4.39. The van der Waals surface area contributed by atoms with Crippen LogP contribution in [0.25, 0.3) is 0 Å². The first-order chi connectivity index (χ1) is 8.29. The van der Waals surface area contributed by atoms with Gasteiger partial charge >= 0.3 is 0 Å². The van der Waals surface area contributed by atoms with Crippen LogP contribution >= 0.6 is 0 Å². The van der Waals surface area contributed by atoms with Crippen molar-refractivity contribution in [2.75, 3.05) is 16.8 Å². The minimum absolute atomic E-state index is 0.254. The highest BCUT2D eigenvalue weighted by Crippen LogP contribution is 2.40. The monoisotopic (exact) mass is 226 g/mol. The molecule has 2 aromatic rings. The number of nitrogens with zero attached hydrogens (tertiary/aromatic N) is 4. The van der Waals surface area contributed by atoms with Crippen molar-refractivity contribution in [3.05, 3.63) is 42.9 Å². The minimum atomic E-state index is 0.254. The molecular weight excluding hydrogens is 212 g/mol. The summed E-state index contributed by atoms with van der Waals surface area (Å²) in [4.78, 5) is 12.9. The van der Waals surface area contributed by atoms with Crippen molar-refractivity contribution in [1.29, 1.82) is 0 Å². The molecule has 0 spiro atoms. The topological polar surface area (TPSA) is 32.3 Å². The maximum atomic E-state index is 4.39. The SMILES string of the molecule is CC1N(C)c2cncnc2N1c1ccccc1. The van der Waals surface area contributed by atoms with Crippen molar-refractivity contribution in [3.63, 3.8) is 0 Å². The lowest BCUT2D eigenvalue weighted by molar-refractivity contribution is 0.731.